The van der Waals surface area contributed by atoms with Gasteiger partial charge in [-0.1, -0.05) is 68.3 Å². The molecule has 0 fully saturated rings. The SMILES string of the molecule is Cc1cc(C)cc(/C(C#N)=C(\NC(=O)c2ccccc2)C(C)(C)C)c1. The third-order valence-corrected chi connectivity index (χ3v) is 3.90. The quantitative estimate of drug-likeness (QED) is 0.803. The van der Waals surface area contributed by atoms with Gasteiger partial charge in [0.25, 0.3) is 5.91 Å². The van der Waals surface area contributed by atoms with Crippen molar-refractivity contribution >= 4 is 11.5 Å². The number of aryl methyl sites for hydroxylation is 2. The summed E-state index contributed by atoms with van der Waals surface area (Å²) in [6.07, 6.45) is 0. The predicted octanol–water partition coefficient (Wildman–Crippen LogP) is 5.01. The first-order valence-electron chi connectivity index (χ1n) is 8.32. The Morgan fingerprint density at radius 2 is 1.52 bits per heavy atom. The number of rotatable bonds is 3. The van der Waals surface area contributed by atoms with Gasteiger partial charge in [0.1, 0.15) is 6.07 Å². The second kappa shape index (κ2) is 7.36. The number of nitriles is 1. The average molecular weight is 332 g/mol. The van der Waals surface area contributed by atoms with Crippen molar-refractivity contribution in [3.05, 3.63) is 76.5 Å². The molecule has 1 amide bonds. The second-order valence-corrected chi connectivity index (χ2v) is 7.31. The lowest BCUT2D eigenvalue weighted by Crippen LogP contribution is -2.31. The summed E-state index contributed by atoms with van der Waals surface area (Å²) in [5.41, 5.74) is 4.33. The van der Waals surface area contributed by atoms with E-state index in [0.29, 0.717) is 16.8 Å². The molecule has 1 N–H and O–H groups in total. The van der Waals surface area contributed by atoms with Crippen LogP contribution in [0, 0.1) is 30.6 Å². The molecule has 0 saturated carbocycles. The molecule has 3 heteroatoms. The highest BCUT2D eigenvalue weighted by Gasteiger charge is 2.25. The zero-order chi connectivity index (χ0) is 18.6. The Labute approximate surface area is 150 Å². The van der Waals surface area contributed by atoms with Crippen LogP contribution in [0.2, 0.25) is 0 Å². The van der Waals surface area contributed by atoms with E-state index in [1.807, 2.05) is 65.0 Å². The lowest BCUT2D eigenvalue weighted by Gasteiger charge is -2.26. The fraction of sp³-hybridized carbons (Fsp3) is 0.273. The summed E-state index contributed by atoms with van der Waals surface area (Å²) in [5, 5.41) is 12.8. The van der Waals surface area contributed by atoms with Gasteiger partial charge in [-0.05, 0) is 31.5 Å². The van der Waals surface area contributed by atoms with E-state index in [4.69, 9.17) is 0 Å². The highest BCUT2D eigenvalue weighted by atomic mass is 16.1. The molecular formula is C22H24N2O. The Bertz CT molecular complexity index is 830. The molecular weight excluding hydrogens is 308 g/mol. The third kappa shape index (κ3) is 4.58. The van der Waals surface area contributed by atoms with E-state index >= 15 is 0 Å². The maximum atomic E-state index is 12.6. The summed E-state index contributed by atoms with van der Waals surface area (Å²) >= 11 is 0. The summed E-state index contributed by atoms with van der Waals surface area (Å²) in [6.45, 7) is 9.99. The smallest absolute Gasteiger partial charge is 0.255 e. The van der Waals surface area contributed by atoms with E-state index in [0.717, 1.165) is 16.7 Å². The molecule has 0 aliphatic carbocycles. The van der Waals surface area contributed by atoms with Gasteiger partial charge in [0, 0.05) is 16.7 Å². The lowest BCUT2D eigenvalue weighted by molar-refractivity contribution is 0.0958. The van der Waals surface area contributed by atoms with Crippen molar-refractivity contribution in [2.24, 2.45) is 5.41 Å². The van der Waals surface area contributed by atoms with Gasteiger partial charge in [-0.25, -0.2) is 0 Å². The number of hydrogen-bond donors (Lipinski definition) is 1. The van der Waals surface area contributed by atoms with E-state index < -0.39 is 0 Å². The predicted molar refractivity (Wildman–Crippen MR) is 102 cm³/mol. The van der Waals surface area contributed by atoms with Gasteiger partial charge in [0.2, 0.25) is 0 Å². The molecule has 2 aromatic carbocycles. The first-order valence-corrected chi connectivity index (χ1v) is 8.32. The molecule has 2 aromatic rings. The first-order chi connectivity index (χ1) is 11.7. The van der Waals surface area contributed by atoms with E-state index in [1.165, 1.54) is 0 Å². The summed E-state index contributed by atoms with van der Waals surface area (Å²) < 4.78 is 0. The molecule has 25 heavy (non-hydrogen) atoms. The lowest BCUT2D eigenvalue weighted by atomic mass is 9.86. The van der Waals surface area contributed by atoms with Gasteiger partial charge in [0.15, 0.2) is 0 Å². The Balaban J connectivity index is 2.56. The number of allylic oxidation sites excluding steroid dienone is 2. The van der Waals surface area contributed by atoms with Crippen molar-refractivity contribution in [1.29, 1.82) is 5.26 Å². The van der Waals surface area contributed by atoms with Crippen molar-refractivity contribution in [3.63, 3.8) is 0 Å². The highest BCUT2D eigenvalue weighted by molar-refractivity contribution is 5.97. The molecule has 0 heterocycles. The minimum absolute atomic E-state index is 0.206. The van der Waals surface area contributed by atoms with Gasteiger partial charge < -0.3 is 5.32 Å². The van der Waals surface area contributed by atoms with Crippen LogP contribution in [0.15, 0.2) is 54.2 Å². The topological polar surface area (TPSA) is 52.9 Å². The number of hydrogen-bond acceptors (Lipinski definition) is 2. The molecule has 2 rings (SSSR count). The summed E-state index contributed by atoms with van der Waals surface area (Å²) in [7, 11) is 0. The molecule has 0 aliphatic heterocycles. The molecule has 0 saturated heterocycles. The van der Waals surface area contributed by atoms with Crippen molar-refractivity contribution in [3.8, 4) is 6.07 Å². The van der Waals surface area contributed by atoms with E-state index in [-0.39, 0.29) is 11.3 Å². The van der Waals surface area contributed by atoms with Crippen molar-refractivity contribution in [2.45, 2.75) is 34.6 Å². The van der Waals surface area contributed by atoms with Crippen LogP contribution < -0.4 is 5.32 Å². The van der Waals surface area contributed by atoms with Crippen molar-refractivity contribution < 1.29 is 4.79 Å². The van der Waals surface area contributed by atoms with Gasteiger partial charge in [-0.15, -0.1) is 0 Å². The molecule has 0 bridgehead atoms. The molecule has 0 aliphatic rings. The number of carbonyl (C=O) groups is 1. The number of nitrogens with one attached hydrogen (secondary N) is 1. The number of carbonyl (C=O) groups excluding carboxylic acids is 1. The van der Waals surface area contributed by atoms with Crippen LogP contribution in [-0.4, -0.2) is 5.91 Å². The molecule has 0 unspecified atom stereocenters. The first kappa shape index (κ1) is 18.5. The summed E-state index contributed by atoms with van der Waals surface area (Å²) in [5.74, 6) is -0.206. The van der Waals surface area contributed by atoms with Crippen molar-refractivity contribution in [2.75, 3.05) is 0 Å². The van der Waals surface area contributed by atoms with E-state index in [1.54, 1.807) is 12.1 Å². The van der Waals surface area contributed by atoms with Gasteiger partial charge in [-0.3, -0.25) is 4.79 Å². The molecule has 0 atom stereocenters. The van der Waals surface area contributed by atoms with Crippen LogP contribution in [0.25, 0.3) is 5.57 Å². The average Bonchev–Trinajstić information content (AvgIpc) is 2.53. The third-order valence-electron chi connectivity index (χ3n) is 3.90. The van der Waals surface area contributed by atoms with E-state index in [9.17, 15) is 10.1 Å². The normalized spacial score (nSPS) is 12.2. The molecule has 0 spiro atoms. The zero-order valence-corrected chi connectivity index (χ0v) is 15.5. The van der Waals surface area contributed by atoms with Gasteiger partial charge >= 0.3 is 0 Å². The standard InChI is InChI=1S/C22H24N2O/c1-15-11-16(2)13-18(12-15)19(14-23)20(22(3,4)5)24-21(25)17-9-7-6-8-10-17/h6-13H,1-5H3,(H,24,25)/b20-19-. The molecule has 0 radical (unpaired) electrons. The van der Waals surface area contributed by atoms with Crippen LogP contribution in [0.1, 0.15) is 47.8 Å². The van der Waals surface area contributed by atoms with Gasteiger partial charge in [0.05, 0.1) is 5.57 Å². The molecule has 3 nitrogen and oxygen atoms in total. The minimum atomic E-state index is -0.382. The zero-order valence-electron chi connectivity index (χ0n) is 15.5. The monoisotopic (exact) mass is 332 g/mol. The highest BCUT2D eigenvalue weighted by Crippen LogP contribution is 2.31. The fourth-order valence-electron chi connectivity index (χ4n) is 2.78. The Morgan fingerprint density at radius 1 is 0.960 bits per heavy atom. The maximum Gasteiger partial charge on any atom is 0.255 e. The summed E-state index contributed by atoms with van der Waals surface area (Å²) in [4.78, 5) is 12.6. The van der Waals surface area contributed by atoms with Gasteiger partial charge in [-0.2, -0.15) is 5.26 Å². The number of benzene rings is 2. The summed E-state index contributed by atoms with van der Waals surface area (Å²) in [6, 6.07) is 17.4. The van der Waals surface area contributed by atoms with Crippen molar-refractivity contribution in [1.82, 2.24) is 5.32 Å². The Morgan fingerprint density at radius 3 is 2.00 bits per heavy atom. The van der Waals surface area contributed by atoms with E-state index in [2.05, 4.69) is 17.5 Å². The second-order valence-electron chi connectivity index (χ2n) is 7.31. The largest absolute Gasteiger partial charge is 0.324 e. The maximum absolute atomic E-state index is 12.6. The number of amides is 1. The van der Waals surface area contributed by atoms with Crippen LogP contribution in [-0.2, 0) is 0 Å². The fourth-order valence-corrected chi connectivity index (χ4v) is 2.78. The Kier molecular flexibility index (Phi) is 5.44. The van der Waals surface area contributed by atoms with Crippen LogP contribution in [0.3, 0.4) is 0 Å². The Hall–Kier alpha value is -2.86. The van der Waals surface area contributed by atoms with Crippen LogP contribution >= 0.6 is 0 Å². The minimum Gasteiger partial charge on any atom is -0.324 e. The molecule has 128 valence electrons. The molecule has 0 aromatic heterocycles. The van der Waals surface area contributed by atoms with Crippen LogP contribution in [0.4, 0.5) is 0 Å². The number of nitrogens with zero attached hydrogens (tertiary/aromatic N) is 1. The van der Waals surface area contributed by atoms with Crippen LogP contribution in [0.5, 0.6) is 0 Å².